The van der Waals surface area contributed by atoms with Crippen LogP contribution in [0, 0.1) is 18.7 Å². The number of nitrogens with zero attached hydrogens (tertiary/aromatic N) is 3. The van der Waals surface area contributed by atoms with Crippen molar-refractivity contribution in [1.29, 1.82) is 0 Å². The summed E-state index contributed by atoms with van der Waals surface area (Å²) in [7, 11) is 0. The molecule has 160 valence electrons. The highest BCUT2D eigenvalue weighted by Crippen LogP contribution is 2.32. The Morgan fingerprint density at radius 2 is 2.00 bits per heavy atom. The lowest BCUT2D eigenvalue weighted by Gasteiger charge is -2.17. The molecule has 1 atom stereocenters. The summed E-state index contributed by atoms with van der Waals surface area (Å²) in [5.41, 5.74) is 4.02. The van der Waals surface area contributed by atoms with E-state index in [4.69, 9.17) is 0 Å². The minimum Gasteiger partial charge on any atom is -0.326 e. The van der Waals surface area contributed by atoms with Crippen molar-refractivity contribution in [3.8, 4) is 10.6 Å². The summed E-state index contributed by atoms with van der Waals surface area (Å²) >= 11 is 1.52. The van der Waals surface area contributed by atoms with Gasteiger partial charge in [-0.1, -0.05) is 11.3 Å². The number of hydrogen-bond donors (Lipinski definition) is 1. The fraction of sp³-hybridized carbons (Fsp3) is 0.167. The summed E-state index contributed by atoms with van der Waals surface area (Å²) < 4.78 is 13.2. The van der Waals surface area contributed by atoms with Crippen LogP contribution < -0.4 is 10.2 Å². The summed E-state index contributed by atoms with van der Waals surface area (Å²) in [4.78, 5) is 36.6. The molecule has 2 aromatic carbocycles. The van der Waals surface area contributed by atoms with Crippen LogP contribution in [0.5, 0.6) is 0 Å². The predicted molar refractivity (Wildman–Crippen MR) is 123 cm³/mol. The van der Waals surface area contributed by atoms with E-state index < -0.39 is 5.92 Å². The van der Waals surface area contributed by atoms with Crippen molar-refractivity contribution < 1.29 is 14.0 Å². The van der Waals surface area contributed by atoms with Gasteiger partial charge in [-0.3, -0.25) is 9.59 Å². The summed E-state index contributed by atoms with van der Waals surface area (Å²) in [5.74, 6) is -1.19. The number of thiazole rings is 1. The van der Waals surface area contributed by atoms with Gasteiger partial charge in [-0.05, 0) is 67.1 Å². The van der Waals surface area contributed by atoms with Crippen molar-refractivity contribution in [2.45, 2.75) is 13.3 Å². The zero-order valence-corrected chi connectivity index (χ0v) is 18.0. The Hall–Kier alpha value is -3.65. The number of pyridine rings is 1. The van der Waals surface area contributed by atoms with Crippen molar-refractivity contribution >= 4 is 44.9 Å². The van der Waals surface area contributed by atoms with E-state index >= 15 is 0 Å². The standard InChI is InChI=1S/C24H19FN4O2S/c1-14-11-15(23-28-20-3-2-10-26-24(20)32-23)4-9-19(14)27-22(31)16-12-21(30)29(13-16)18-7-5-17(25)6-8-18/h2-11,16H,12-13H2,1H3,(H,27,31). The number of halogens is 1. The molecule has 0 spiro atoms. The second-order valence-electron chi connectivity index (χ2n) is 7.75. The number of hydrogen-bond acceptors (Lipinski definition) is 5. The zero-order valence-electron chi connectivity index (χ0n) is 17.2. The third-order valence-corrected chi connectivity index (χ3v) is 6.56. The van der Waals surface area contributed by atoms with Crippen molar-refractivity contribution in [1.82, 2.24) is 9.97 Å². The molecule has 2 amide bonds. The maximum absolute atomic E-state index is 13.2. The van der Waals surface area contributed by atoms with E-state index in [0.29, 0.717) is 11.4 Å². The van der Waals surface area contributed by atoms with Crippen LogP contribution in [0.3, 0.4) is 0 Å². The summed E-state index contributed by atoms with van der Waals surface area (Å²) in [6.45, 7) is 2.20. The molecule has 1 N–H and O–H groups in total. The average Bonchev–Trinajstić information content (AvgIpc) is 3.39. The predicted octanol–water partition coefficient (Wildman–Crippen LogP) is 4.80. The molecule has 4 aromatic rings. The van der Waals surface area contributed by atoms with E-state index in [1.54, 1.807) is 18.3 Å². The second-order valence-corrected chi connectivity index (χ2v) is 8.72. The second kappa shape index (κ2) is 8.12. The van der Waals surface area contributed by atoms with Crippen LogP contribution in [0.4, 0.5) is 15.8 Å². The van der Waals surface area contributed by atoms with E-state index in [1.165, 1.54) is 28.4 Å². The third kappa shape index (κ3) is 3.85. The molecule has 1 unspecified atom stereocenters. The number of fused-ring (bicyclic) bond motifs is 1. The van der Waals surface area contributed by atoms with Crippen LogP contribution in [0.25, 0.3) is 20.9 Å². The molecular formula is C24H19FN4O2S. The number of carbonyl (C=O) groups is 2. The van der Waals surface area contributed by atoms with Gasteiger partial charge in [-0.2, -0.15) is 0 Å². The minimum absolute atomic E-state index is 0.124. The van der Waals surface area contributed by atoms with Crippen molar-refractivity contribution in [2.75, 3.05) is 16.8 Å². The summed E-state index contributed by atoms with van der Waals surface area (Å²) in [6.07, 6.45) is 1.87. The van der Waals surface area contributed by atoms with Gasteiger partial charge in [0.2, 0.25) is 11.8 Å². The van der Waals surface area contributed by atoms with Crippen LogP contribution >= 0.6 is 11.3 Å². The molecule has 1 saturated heterocycles. The van der Waals surface area contributed by atoms with Crippen molar-refractivity contribution in [3.63, 3.8) is 0 Å². The van der Waals surface area contributed by atoms with Gasteiger partial charge in [0, 0.05) is 36.1 Å². The Balaban J connectivity index is 1.30. The number of rotatable bonds is 4. The van der Waals surface area contributed by atoms with Gasteiger partial charge in [0.15, 0.2) is 0 Å². The Morgan fingerprint density at radius 1 is 1.19 bits per heavy atom. The average molecular weight is 447 g/mol. The smallest absolute Gasteiger partial charge is 0.229 e. The Bertz CT molecular complexity index is 1300. The van der Waals surface area contributed by atoms with Crippen LogP contribution in [-0.4, -0.2) is 28.3 Å². The monoisotopic (exact) mass is 446 g/mol. The highest BCUT2D eigenvalue weighted by molar-refractivity contribution is 7.21. The number of nitrogens with one attached hydrogen (secondary N) is 1. The number of benzene rings is 2. The highest BCUT2D eigenvalue weighted by atomic mass is 32.1. The normalized spacial score (nSPS) is 16.0. The number of amides is 2. The van der Waals surface area contributed by atoms with Crippen LogP contribution in [0.1, 0.15) is 12.0 Å². The van der Waals surface area contributed by atoms with Gasteiger partial charge >= 0.3 is 0 Å². The Morgan fingerprint density at radius 3 is 2.75 bits per heavy atom. The molecule has 3 heterocycles. The number of carbonyl (C=O) groups excluding carboxylic acids is 2. The van der Waals surface area contributed by atoms with E-state index in [-0.39, 0.29) is 30.6 Å². The fourth-order valence-corrected chi connectivity index (χ4v) is 4.72. The minimum atomic E-state index is -0.470. The maximum Gasteiger partial charge on any atom is 0.229 e. The van der Waals surface area contributed by atoms with Gasteiger partial charge in [0.1, 0.15) is 21.2 Å². The van der Waals surface area contributed by atoms with Gasteiger partial charge in [0.25, 0.3) is 0 Å². The number of anilines is 2. The Kier molecular flexibility index (Phi) is 5.14. The van der Waals surface area contributed by atoms with Crippen LogP contribution in [-0.2, 0) is 9.59 Å². The topological polar surface area (TPSA) is 75.2 Å². The molecule has 0 bridgehead atoms. The zero-order chi connectivity index (χ0) is 22.2. The molecule has 1 aliphatic heterocycles. The molecule has 5 rings (SSSR count). The lowest BCUT2D eigenvalue weighted by molar-refractivity contribution is -0.122. The molecule has 2 aromatic heterocycles. The highest BCUT2D eigenvalue weighted by Gasteiger charge is 2.35. The van der Waals surface area contributed by atoms with Crippen molar-refractivity contribution in [2.24, 2.45) is 5.92 Å². The van der Waals surface area contributed by atoms with Crippen LogP contribution in [0.2, 0.25) is 0 Å². The molecule has 0 radical (unpaired) electrons. The first-order chi connectivity index (χ1) is 15.5. The van der Waals surface area contributed by atoms with E-state index in [1.807, 2.05) is 37.3 Å². The lowest BCUT2D eigenvalue weighted by atomic mass is 10.1. The SMILES string of the molecule is Cc1cc(-c2nc3cccnc3s2)ccc1NC(=O)C1CC(=O)N(c2ccc(F)cc2)C1. The quantitative estimate of drug-likeness (QED) is 0.489. The van der Waals surface area contributed by atoms with Crippen LogP contribution in [0.15, 0.2) is 60.8 Å². The first kappa shape index (κ1) is 20.3. The van der Waals surface area contributed by atoms with E-state index in [2.05, 4.69) is 15.3 Å². The molecule has 0 aliphatic carbocycles. The number of aryl methyl sites for hydroxylation is 1. The molecule has 8 heteroatoms. The van der Waals surface area contributed by atoms with E-state index in [0.717, 1.165) is 26.5 Å². The van der Waals surface area contributed by atoms with E-state index in [9.17, 15) is 14.0 Å². The molecule has 6 nitrogen and oxygen atoms in total. The lowest BCUT2D eigenvalue weighted by Crippen LogP contribution is -2.28. The van der Waals surface area contributed by atoms with Gasteiger partial charge in [-0.15, -0.1) is 0 Å². The number of aromatic nitrogens is 2. The molecule has 1 fully saturated rings. The van der Waals surface area contributed by atoms with Gasteiger partial charge in [0.05, 0.1) is 5.92 Å². The third-order valence-electron chi connectivity index (χ3n) is 5.53. The maximum atomic E-state index is 13.2. The van der Waals surface area contributed by atoms with Crippen molar-refractivity contribution in [3.05, 3.63) is 72.2 Å². The fourth-order valence-electron chi connectivity index (χ4n) is 3.82. The largest absolute Gasteiger partial charge is 0.326 e. The van der Waals surface area contributed by atoms with Gasteiger partial charge in [-0.25, -0.2) is 14.4 Å². The Labute approximate surface area is 187 Å². The first-order valence-electron chi connectivity index (χ1n) is 10.2. The van der Waals surface area contributed by atoms with Gasteiger partial charge < -0.3 is 10.2 Å². The molecule has 1 aliphatic rings. The summed E-state index contributed by atoms with van der Waals surface area (Å²) in [6, 6.07) is 15.3. The first-order valence-corrected chi connectivity index (χ1v) is 11.0. The summed E-state index contributed by atoms with van der Waals surface area (Å²) in [5, 5.41) is 3.82. The molecular weight excluding hydrogens is 427 g/mol. The molecule has 0 saturated carbocycles. The molecule has 32 heavy (non-hydrogen) atoms.